The zero-order valence-corrected chi connectivity index (χ0v) is 19.5. The van der Waals surface area contributed by atoms with E-state index in [1.54, 1.807) is 41.8 Å². The molecule has 1 heterocycles. The van der Waals surface area contributed by atoms with Crippen LogP contribution >= 0.6 is 23.4 Å². The number of aromatic nitrogens is 2. The van der Waals surface area contributed by atoms with Crippen molar-refractivity contribution < 1.29 is 9.53 Å². The molecule has 0 radical (unpaired) electrons. The lowest BCUT2D eigenvalue weighted by Crippen LogP contribution is -2.29. The highest BCUT2D eigenvalue weighted by Crippen LogP contribution is 2.21. The second kappa shape index (κ2) is 10.8. The van der Waals surface area contributed by atoms with Crippen LogP contribution in [0.3, 0.4) is 0 Å². The fourth-order valence-electron chi connectivity index (χ4n) is 3.22. The van der Waals surface area contributed by atoms with Crippen LogP contribution in [0.25, 0.3) is 10.9 Å². The number of carbonyl (C=O) groups excluding carboxylic acids is 1. The van der Waals surface area contributed by atoms with E-state index in [0.29, 0.717) is 47.2 Å². The number of aryl methyl sites for hydroxylation is 1. The van der Waals surface area contributed by atoms with E-state index in [9.17, 15) is 9.59 Å². The fourth-order valence-corrected chi connectivity index (χ4v) is 4.35. The molecule has 1 amide bonds. The first-order valence-corrected chi connectivity index (χ1v) is 11.4. The highest BCUT2D eigenvalue weighted by molar-refractivity contribution is 7.99. The SMILES string of the molecule is COCCCn1c(SCC(=O)N(C)Cc2ccccc2C)nc2cc(Cl)ccc2c1=O. The van der Waals surface area contributed by atoms with Gasteiger partial charge < -0.3 is 9.64 Å². The van der Waals surface area contributed by atoms with Crippen LogP contribution in [0.15, 0.2) is 52.4 Å². The van der Waals surface area contributed by atoms with Crippen LogP contribution in [0, 0.1) is 6.92 Å². The largest absolute Gasteiger partial charge is 0.385 e. The van der Waals surface area contributed by atoms with Crippen LogP contribution in [-0.4, -0.2) is 46.9 Å². The number of thioether (sulfide) groups is 1. The summed E-state index contributed by atoms with van der Waals surface area (Å²) >= 11 is 7.36. The maximum absolute atomic E-state index is 13.0. The topological polar surface area (TPSA) is 64.4 Å². The smallest absolute Gasteiger partial charge is 0.262 e. The van der Waals surface area contributed by atoms with E-state index in [2.05, 4.69) is 4.98 Å². The third kappa shape index (κ3) is 5.87. The first-order valence-electron chi connectivity index (χ1n) is 10.0. The fraction of sp³-hybridized carbons (Fsp3) is 0.348. The molecule has 3 rings (SSSR count). The van der Waals surface area contributed by atoms with E-state index in [1.807, 2.05) is 31.2 Å². The summed E-state index contributed by atoms with van der Waals surface area (Å²) in [6.07, 6.45) is 0.672. The molecule has 0 fully saturated rings. The number of halogens is 1. The molecule has 0 saturated heterocycles. The van der Waals surface area contributed by atoms with Gasteiger partial charge in [-0.25, -0.2) is 4.98 Å². The Morgan fingerprint density at radius 2 is 2.03 bits per heavy atom. The van der Waals surface area contributed by atoms with Crippen LogP contribution in [0.4, 0.5) is 0 Å². The molecule has 164 valence electrons. The maximum atomic E-state index is 13.0. The van der Waals surface area contributed by atoms with Gasteiger partial charge in [-0.15, -0.1) is 0 Å². The monoisotopic (exact) mass is 459 g/mol. The van der Waals surface area contributed by atoms with Gasteiger partial charge in [-0.1, -0.05) is 47.6 Å². The zero-order chi connectivity index (χ0) is 22.4. The van der Waals surface area contributed by atoms with E-state index < -0.39 is 0 Å². The molecule has 3 aromatic rings. The van der Waals surface area contributed by atoms with Gasteiger partial charge in [-0.05, 0) is 42.7 Å². The predicted octanol–water partition coefficient (Wildman–Crippen LogP) is 4.15. The molecule has 8 heteroatoms. The van der Waals surface area contributed by atoms with Crippen molar-refractivity contribution in [2.24, 2.45) is 0 Å². The van der Waals surface area contributed by atoms with Crippen LogP contribution < -0.4 is 5.56 Å². The number of fused-ring (bicyclic) bond motifs is 1. The Morgan fingerprint density at radius 1 is 1.26 bits per heavy atom. The Morgan fingerprint density at radius 3 is 2.77 bits per heavy atom. The Balaban J connectivity index is 1.80. The summed E-state index contributed by atoms with van der Waals surface area (Å²) in [6, 6.07) is 13.1. The van der Waals surface area contributed by atoms with Gasteiger partial charge in [0.25, 0.3) is 5.56 Å². The molecular weight excluding hydrogens is 434 g/mol. The minimum absolute atomic E-state index is 0.0304. The van der Waals surface area contributed by atoms with E-state index >= 15 is 0 Å². The van der Waals surface area contributed by atoms with Crippen molar-refractivity contribution in [3.8, 4) is 0 Å². The number of carbonyl (C=O) groups is 1. The third-order valence-corrected chi connectivity index (χ3v) is 6.23. The molecule has 0 spiro atoms. The average Bonchev–Trinajstić information content (AvgIpc) is 2.75. The molecular formula is C23H26ClN3O3S. The minimum atomic E-state index is -0.138. The molecule has 2 aromatic carbocycles. The van der Waals surface area contributed by atoms with Crippen molar-refractivity contribution in [1.82, 2.24) is 14.5 Å². The molecule has 31 heavy (non-hydrogen) atoms. The first kappa shape index (κ1) is 23.3. The van der Waals surface area contributed by atoms with Gasteiger partial charge in [0.15, 0.2) is 5.16 Å². The van der Waals surface area contributed by atoms with Gasteiger partial charge in [0, 0.05) is 38.9 Å². The molecule has 6 nitrogen and oxygen atoms in total. The Labute approximate surface area is 191 Å². The van der Waals surface area contributed by atoms with Crippen molar-refractivity contribution in [3.63, 3.8) is 0 Å². The Hall–Kier alpha value is -2.35. The summed E-state index contributed by atoms with van der Waals surface area (Å²) in [5.41, 5.74) is 2.65. The molecule has 0 bridgehead atoms. The molecule has 0 atom stereocenters. The minimum Gasteiger partial charge on any atom is -0.385 e. The van der Waals surface area contributed by atoms with Crippen molar-refractivity contribution >= 4 is 40.2 Å². The van der Waals surface area contributed by atoms with Crippen LogP contribution in [0.5, 0.6) is 0 Å². The quantitative estimate of drug-likeness (QED) is 0.273. The molecule has 1 aromatic heterocycles. The van der Waals surface area contributed by atoms with Crippen molar-refractivity contribution in [2.45, 2.75) is 31.6 Å². The number of benzene rings is 2. The van der Waals surface area contributed by atoms with E-state index in [0.717, 1.165) is 11.1 Å². The molecule has 0 aliphatic rings. The normalized spacial score (nSPS) is 11.1. The highest BCUT2D eigenvalue weighted by atomic mass is 35.5. The number of rotatable bonds is 9. The standard InChI is InChI=1S/C23H26ClN3O3S/c1-16-7-4-5-8-17(16)14-26(2)21(28)15-31-23-25-20-13-18(24)9-10-19(20)22(29)27(23)11-6-12-30-3/h4-5,7-10,13H,6,11-12,14-15H2,1-3H3. The molecule has 0 N–H and O–H groups in total. The van der Waals surface area contributed by atoms with Crippen molar-refractivity contribution in [1.29, 1.82) is 0 Å². The number of hydrogen-bond donors (Lipinski definition) is 0. The van der Waals surface area contributed by atoms with Gasteiger partial charge in [-0.2, -0.15) is 0 Å². The van der Waals surface area contributed by atoms with Gasteiger partial charge in [0.2, 0.25) is 5.91 Å². The van der Waals surface area contributed by atoms with E-state index in [1.165, 1.54) is 11.8 Å². The Kier molecular flexibility index (Phi) is 8.12. The Bertz CT molecular complexity index is 1130. The highest BCUT2D eigenvalue weighted by Gasteiger charge is 2.16. The summed E-state index contributed by atoms with van der Waals surface area (Å²) in [6.45, 7) is 3.57. The van der Waals surface area contributed by atoms with Crippen molar-refractivity contribution in [3.05, 3.63) is 69.0 Å². The average molecular weight is 460 g/mol. The van der Waals surface area contributed by atoms with Gasteiger partial charge in [0.1, 0.15) is 0 Å². The molecule has 0 saturated carbocycles. The van der Waals surface area contributed by atoms with Gasteiger partial charge in [0.05, 0.1) is 16.7 Å². The van der Waals surface area contributed by atoms with Crippen molar-refractivity contribution in [2.75, 3.05) is 26.5 Å². The summed E-state index contributed by atoms with van der Waals surface area (Å²) in [7, 11) is 3.41. The summed E-state index contributed by atoms with van der Waals surface area (Å²) < 4.78 is 6.74. The molecule has 0 unspecified atom stereocenters. The first-order chi connectivity index (χ1) is 14.9. The maximum Gasteiger partial charge on any atom is 0.262 e. The summed E-state index contributed by atoms with van der Waals surface area (Å²) in [5, 5.41) is 1.53. The predicted molar refractivity (Wildman–Crippen MR) is 126 cm³/mol. The van der Waals surface area contributed by atoms with E-state index in [-0.39, 0.29) is 17.2 Å². The zero-order valence-electron chi connectivity index (χ0n) is 17.9. The lowest BCUT2D eigenvalue weighted by atomic mass is 10.1. The lowest BCUT2D eigenvalue weighted by molar-refractivity contribution is -0.127. The lowest BCUT2D eigenvalue weighted by Gasteiger charge is -2.19. The van der Waals surface area contributed by atoms with Gasteiger partial charge >= 0.3 is 0 Å². The molecule has 0 aliphatic carbocycles. The van der Waals surface area contributed by atoms with Crippen LogP contribution in [0.1, 0.15) is 17.5 Å². The van der Waals surface area contributed by atoms with E-state index in [4.69, 9.17) is 16.3 Å². The number of methoxy groups -OCH3 is 1. The van der Waals surface area contributed by atoms with Gasteiger partial charge in [-0.3, -0.25) is 14.2 Å². The van der Waals surface area contributed by atoms with Crippen LogP contribution in [-0.2, 0) is 22.6 Å². The second-order valence-electron chi connectivity index (χ2n) is 7.32. The number of nitrogens with zero attached hydrogens (tertiary/aromatic N) is 3. The number of ether oxygens (including phenoxy) is 1. The number of amides is 1. The summed E-state index contributed by atoms with van der Waals surface area (Å²) in [5.74, 6) is 0.155. The molecule has 0 aliphatic heterocycles. The second-order valence-corrected chi connectivity index (χ2v) is 8.70. The van der Waals surface area contributed by atoms with Crippen LogP contribution in [0.2, 0.25) is 5.02 Å². The summed E-state index contributed by atoms with van der Waals surface area (Å²) in [4.78, 5) is 32.1. The third-order valence-electron chi connectivity index (χ3n) is 5.03. The number of hydrogen-bond acceptors (Lipinski definition) is 5.